The fourth-order valence-corrected chi connectivity index (χ4v) is 1.67. The van der Waals surface area contributed by atoms with E-state index < -0.39 is 3.79 Å². The van der Waals surface area contributed by atoms with Gasteiger partial charge in [0, 0.05) is 0 Å². The van der Waals surface area contributed by atoms with E-state index in [9.17, 15) is 0 Å². The molecule has 0 unspecified atom stereocenters. The number of halogens is 3. The van der Waals surface area contributed by atoms with Crippen LogP contribution in [0.15, 0.2) is 10.3 Å². The van der Waals surface area contributed by atoms with Gasteiger partial charge < -0.3 is 0 Å². The largest absolute Gasteiger partial charge is 0.250 e. The van der Waals surface area contributed by atoms with Crippen LogP contribution in [0.1, 0.15) is 5.82 Å². The summed E-state index contributed by atoms with van der Waals surface area (Å²) in [5, 5.41) is 1.09. The molecule has 0 spiro atoms. The van der Waals surface area contributed by atoms with Crippen molar-refractivity contribution in [3.05, 3.63) is 5.82 Å². The molecule has 0 aliphatic rings. The summed E-state index contributed by atoms with van der Waals surface area (Å²) in [6.07, 6.45) is 3.70. The topological polar surface area (TPSA) is 38.7 Å². The van der Waals surface area contributed by atoms with Crippen molar-refractivity contribution in [3.8, 4) is 0 Å². The van der Waals surface area contributed by atoms with Crippen LogP contribution in [0.4, 0.5) is 0 Å². The molecule has 1 aromatic rings. The Balaban J connectivity index is 3.17. The monoisotopic (exact) mass is 289 g/mol. The molecule has 14 heavy (non-hydrogen) atoms. The second-order valence-electron chi connectivity index (χ2n) is 2.13. The number of thioether (sulfide) groups is 2. The third kappa shape index (κ3) is 3.31. The van der Waals surface area contributed by atoms with Gasteiger partial charge in [-0.25, -0.2) is 9.97 Å². The maximum Gasteiger partial charge on any atom is 0.250 e. The van der Waals surface area contributed by atoms with Crippen LogP contribution in [0.3, 0.4) is 0 Å². The molecule has 8 heteroatoms. The first-order valence-corrected chi connectivity index (χ1v) is 6.97. The molecular formula is C6H6Cl3N3S2. The third-order valence-electron chi connectivity index (χ3n) is 1.21. The lowest BCUT2D eigenvalue weighted by molar-refractivity contribution is 0.745. The van der Waals surface area contributed by atoms with Crippen LogP contribution in [-0.4, -0.2) is 27.5 Å². The van der Waals surface area contributed by atoms with Crippen LogP contribution < -0.4 is 0 Å². The first-order chi connectivity index (χ1) is 6.47. The van der Waals surface area contributed by atoms with Gasteiger partial charge in [-0.3, -0.25) is 0 Å². The maximum absolute atomic E-state index is 5.68. The summed E-state index contributed by atoms with van der Waals surface area (Å²) in [5.41, 5.74) is 0. The van der Waals surface area contributed by atoms with Crippen LogP contribution in [0.5, 0.6) is 0 Å². The second-order valence-corrected chi connectivity index (χ2v) is 5.96. The molecule has 0 saturated heterocycles. The first-order valence-electron chi connectivity index (χ1n) is 3.38. The van der Waals surface area contributed by atoms with Crippen LogP contribution in [-0.2, 0) is 3.79 Å². The lowest BCUT2D eigenvalue weighted by atomic mass is 10.7. The van der Waals surface area contributed by atoms with Crippen molar-refractivity contribution in [1.82, 2.24) is 15.0 Å². The number of hydrogen-bond acceptors (Lipinski definition) is 5. The van der Waals surface area contributed by atoms with E-state index in [1.165, 1.54) is 23.5 Å². The lowest BCUT2D eigenvalue weighted by Gasteiger charge is -2.10. The fourth-order valence-electron chi connectivity index (χ4n) is 0.647. The molecule has 1 heterocycles. The summed E-state index contributed by atoms with van der Waals surface area (Å²) >= 11 is 19.8. The average Bonchev–Trinajstić information content (AvgIpc) is 2.15. The highest BCUT2D eigenvalue weighted by atomic mass is 35.6. The first kappa shape index (κ1) is 12.6. The van der Waals surface area contributed by atoms with E-state index in [0.29, 0.717) is 10.3 Å². The molecule has 0 amide bonds. The van der Waals surface area contributed by atoms with Gasteiger partial charge in [0.1, 0.15) is 0 Å². The van der Waals surface area contributed by atoms with Crippen molar-refractivity contribution in [2.24, 2.45) is 0 Å². The van der Waals surface area contributed by atoms with E-state index in [0.717, 1.165) is 0 Å². The van der Waals surface area contributed by atoms with Gasteiger partial charge in [-0.15, -0.1) is 0 Å². The Kier molecular flexibility index (Phi) is 4.58. The van der Waals surface area contributed by atoms with Gasteiger partial charge in [-0.05, 0) is 12.5 Å². The number of nitrogens with zero attached hydrogens (tertiary/aromatic N) is 3. The normalized spacial score (nSPS) is 11.8. The molecule has 0 N–H and O–H groups in total. The van der Waals surface area contributed by atoms with Crippen molar-refractivity contribution in [1.29, 1.82) is 0 Å². The summed E-state index contributed by atoms with van der Waals surface area (Å²) in [5.74, 6) is 0.159. The summed E-state index contributed by atoms with van der Waals surface area (Å²) in [6.45, 7) is 0. The van der Waals surface area contributed by atoms with Gasteiger partial charge in [0.25, 0.3) is 0 Å². The molecule has 0 aliphatic carbocycles. The minimum atomic E-state index is -1.60. The molecule has 3 nitrogen and oxygen atoms in total. The predicted octanol–water partition coefficient (Wildman–Crippen LogP) is 3.14. The molecule has 0 aliphatic heterocycles. The van der Waals surface area contributed by atoms with Crippen LogP contribution in [0, 0.1) is 0 Å². The highest BCUT2D eigenvalue weighted by molar-refractivity contribution is 7.99. The van der Waals surface area contributed by atoms with Gasteiger partial charge in [-0.2, -0.15) is 4.98 Å². The van der Waals surface area contributed by atoms with Crippen molar-refractivity contribution < 1.29 is 0 Å². The van der Waals surface area contributed by atoms with Gasteiger partial charge >= 0.3 is 0 Å². The van der Waals surface area contributed by atoms with E-state index in [1.807, 2.05) is 12.5 Å². The van der Waals surface area contributed by atoms with Crippen LogP contribution >= 0.6 is 58.3 Å². The zero-order chi connectivity index (χ0) is 10.8. The molecule has 1 aromatic heterocycles. The van der Waals surface area contributed by atoms with Gasteiger partial charge in [0.2, 0.25) is 3.79 Å². The number of alkyl halides is 3. The fraction of sp³-hybridized carbons (Fsp3) is 0.500. The van der Waals surface area contributed by atoms with Gasteiger partial charge in [-0.1, -0.05) is 58.3 Å². The predicted molar refractivity (Wildman–Crippen MR) is 62.6 cm³/mol. The molecule has 0 atom stereocenters. The minimum absolute atomic E-state index is 0.159. The third-order valence-corrected chi connectivity index (χ3v) is 2.82. The molecule has 0 saturated carbocycles. The molecule has 0 bridgehead atoms. The Morgan fingerprint density at radius 3 is 1.64 bits per heavy atom. The Bertz CT molecular complexity index is 306. The Morgan fingerprint density at radius 2 is 1.36 bits per heavy atom. The lowest BCUT2D eigenvalue weighted by Crippen LogP contribution is -2.10. The van der Waals surface area contributed by atoms with Crippen LogP contribution in [0.2, 0.25) is 0 Å². The smallest absolute Gasteiger partial charge is 0.203 e. The minimum Gasteiger partial charge on any atom is -0.203 e. The van der Waals surface area contributed by atoms with E-state index in [2.05, 4.69) is 15.0 Å². The molecule has 1 rings (SSSR count). The maximum atomic E-state index is 5.68. The Labute approximate surface area is 105 Å². The Hall–Kier alpha value is 0.580. The highest BCUT2D eigenvalue weighted by Crippen LogP contribution is 2.36. The van der Waals surface area contributed by atoms with E-state index >= 15 is 0 Å². The summed E-state index contributed by atoms with van der Waals surface area (Å²) in [6, 6.07) is 0. The van der Waals surface area contributed by atoms with Crippen molar-refractivity contribution in [3.63, 3.8) is 0 Å². The zero-order valence-corrected chi connectivity index (χ0v) is 11.2. The summed E-state index contributed by atoms with van der Waals surface area (Å²) < 4.78 is -1.60. The highest BCUT2D eigenvalue weighted by Gasteiger charge is 2.28. The quantitative estimate of drug-likeness (QED) is 0.618. The molecule has 0 fully saturated rings. The van der Waals surface area contributed by atoms with Crippen molar-refractivity contribution >= 4 is 58.3 Å². The molecule has 0 aromatic carbocycles. The van der Waals surface area contributed by atoms with E-state index in [-0.39, 0.29) is 5.82 Å². The number of aromatic nitrogens is 3. The second kappa shape index (κ2) is 5.07. The molecular weight excluding hydrogens is 285 g/mol. The summed E-state index contributed by atoms with van der Waals surface area (Å²) in [4.78, 5) is 12.1. The Morgan fingerprint density at radius 1 is 0.929 bits per heavy atom. The van der Waals surface area contributed by atoms with Crippen molar-refractivity contribution in [2.45, 2.75) is 14.1 Å². The van der Waals surface area contributed by atoms with Gasteiger partial charge in [0.05, 0.1) is 0 Å². The van der Waals surface area contributed by atoms with Crippen LogP contribution in [0.25, 0.3) is 0 Å². The van der Waals surface area contributed by atoms with E-state index in [4.69, 9.17) is 34.8 Å². The standard InChI is InChI=1S/C6H6Cl3N3S2/c1-13-4-10-3(6(7,8)9)11-5(12-4)14-2/h1-2H3. The average molecular weight is 291 g/mol. The number of rotatable bonds is 2. The van der Waals surface area contributed by atoms with Crippen molar-refractivity contribution in [2.75, 3.05) is 12.5 Å². The van der Waals surface area contributed by atoms with Gasteiger partial charge in [0.15, 0.2) is 16.1 Å². The summed E-state index contributed by atoms with van der Waals surface area (Å²) in [7, 11) is 0. The molecule has 0 radical (unpaired) electrons. The van der Waals surface area contributed by atoms with E-state index in [1.54, 1.807) is 0 Å². The SMILES string of the molecule is CSc1nc(SC)nc(C(Cl)(Cl)Cl)n1. The number of hydrogen-bond donors (Lipinski definition) is 0. The zero-order valence-electron chi connectivity index (χ0n) is 7.29. The molecule has 78 valence electrons.